The lowest BCUT2D eigenvalue weighted by Crippen LogP contribution is -2.45. The number of Topliss-reactive ketones (excluding diaryl/α,β-unsaturated/α-hetero) is 1. The lowest BCUT2D eigenvalue weighted by Gasteiger charge is -2.34. The molecule has 0 radical (unpaired) electrons. The average Bonchev–Trinajstić information content (AvgIpc) is 3.08. The number of ketones is 1. The number of carbonyl (C=O) groups is 1. The van der Waals surface area contributed by atoms with Gasteiger partial charge >= 0.3 is 0 Å². The standard InChI is InChI=1S/C16H19N3O3/c1-16(8-21-12-22-9-16)15(20)14(19-11-17-10-18-19)7-13-5-3-2-4-6-13/h2-6,10-11,14H,7-9,12H2,1H3. The van der Waals surface area contributed by atoms with Crippen LogP contribution in [0, 0.1) is 5.41 Å². The molecule has 0 bridgehead atoms. The zero-order valence-corrected chi connectivity index (χ0v) is 12.5. The molecule has 1 saturated heterocycles. The Morgan fingerprint density at radius 1 is 1.32 bits per heavy atom. The summed E-state index contributed by atoms with van der Waals surface area (Å²) in [5.74, 6) is 0.0570. The van der Waals surface area contributed by atoms with Gasteiger partial charge < -0.3 is 9.47 Å². The van der Waals surface area contributed by atoms with Crippen LogP contribution in [-0.2, 0) is 20.7 Å². The van der Waals surface area contributed by atoms with E-state index in [4.69, 9.17) is 9.47 Å². The molecule has 22 heavy (non-hydrogen) atoms. The van der Waals surface area contributed by atoms with Crippen molar-refractivity contribution in [3.05, 3.63) is 48.5 Å². The molecule has 3 rings (SSSR count). The van der Waals surface area contributed by atoms with Crippen molar-refractivity contribution in [2.24, 2.45) is 5.41 Å². The molecule has 1 aliphatic rings. The van der Waals surface area contributed by atoms with Crippen molar-refractivity contribution in [3.63, 3.8) is 0 Å². The fourth-order valence-electron chi connectivity index (χ4n) is 2.70. The molecule has 0 amide bonds. The van der Waals surface area contributed by atoms with Gasteiger partial charge in [-0.15, -0.1) is 0 Å². The van der Waals surface area contributed by atoms with Gasteiger partial charge in [0.25, 0.3) is 0 Å². The minimum atomic E-state index is -0.663. The molecular formula is C16H19N3O3. The van der Waals surface area contributed by atoms with Gasteiger partial charge in [0.05, 0.1) is 18.6 Å². The van der Waals surface area contributed by atoms with Crippen molar-refractivity contribution in [2.45, 2.75) is 19.4 Å². The Hall–Kier alpha value is -2.05. The molecular weight excluding hydrogens is 282 g/mol. The summed E-state index contributed by atoms with van der Waals surface area (Å²) < 4.78 is 12.3. The lowest BCUT2D eigenvalue weighted by atomic mass is 9.81. The zero-order valence-electron chi connectivity index (χ0n) is 12.5. The average molecular weight is 301 g/mol. The predicted molar refractivity (Wildman–Crippen MR) is 79.1 cm³/mol. The van der Waals surface area contributed by atoms with Crippen LogP contribution in [0.2, 0.25) is 0 Å². The van der Waals surface area contributed by atoms with E-state index in [2.05, 4.69) is 10.1 Å². The minimum absolute atomic E-state index is 0.0570. The Balaban J connectivity index is 1.87. The van der Waals surface area contributed by atoms with Crippen LogP contribution >= 0.6 is 0 Å². The third-order valence-electron chi connectivity index (χ3n) is 3.93. The first kappa shape index (κ1) is 14.9. The maximum absolute atomic E-state index is 13.1. The largest absolute Gasteiger partial charge is 0.354 e. The van der Waals surface area contributed by atoms with Gasteiger partial charge in [0.1, 0.15) is 25.5 Å². The van der Waals surface area contributed by atoms with E-state index >= 15 is 0 Å². The number of carbonyl (C=O) groups excluding carboxylic acids is 1. The molecule has 2 heterocycles. The topological polar surface area (TPSA) is 66.2 Å². The quantitative estimate of drug-likeness (QED) is 0.840. The van der Waals surface area contributed by atoms with E-state index in [0.29, 0.717) is 19.6 Å². The van der Waals surface area contributed by atoms with Crippen LogP contribution in [0.15, 0.2) is 43.0 Å². The zero-order chi connectivity index (χ0) is 15.4. The molecule has 0 N–H and O–H groups in total. The van der Waals surface area contributed by atoms with Crippen LogP contribution < -0.4 is 0 Å². The van der Waals surface area contributed by atoms with Gasteiger partial charge in [0.15, 0.2) is 5.78 Å². The Kier molecular flexibility index (Phi) is 4.31. The fourth-order valence-corrected chi connectivity index (χ4v) is 2.70. The van der Waals surface area contributed by atoms with Crippen molar-refractivity contribution in [3.8, 4) is 0 Å². The van der Waals surface area contributed by atoms with E-state index in [9.17, 15) is 4.79 Å². The number of nitrogens with zero attached hydrogens (tertiary/aromatic N) is 3. The fraction of sp³-hybridized carbons (Fsp3) is 0.438. The van der Waals surface area contributed by atoms with E-state index in [-0.39, 0.29) is 12.6 Å². The molecule has 0 saturated carbocycles. The van der Waals surface area contributed by atoms with Crippen LogP contribution in [0.5, 0.6) is 0 Å². The normalized spacial score (nSPS) is 18.8. The monoisotopic (exact) mass is 301 g/mol. The molecule has 1 aromatic carbocycles. The number of aromatic nitrogens is 3. The van der Waals surface area contributed by atoms with Crippen molar-refractivity contribution in [2.75, 3.05) is 20.0 Å². The van der Waals surface area contributed by atoms with Crippen LogP contribution in [0.4, 0.5) is 0 Å². The van der Waals surface area contributed by atoms with E-state index in [1.54, 1.807) is 11.0 Å². The number of benzene rings is 1. The van der Waals surface area contributed by atoms with Crippen LogP contribution in [0.25, 0.3) is 0 Å². The molecule has 1 atom stereocenters. The molecule has 116 valence electrons. The third-order valence-corrected chi connectivity index (χ3v) is 3.93. The Bertz CT molecular complexity index is 607. The summed E-state index contributed by atoms with van der Waals surface area (Å²) in [5, 5.41) is 4.16. The molecule has 6 heteroatoms. The second kappa shape index (κ2) is 6.37. The van der Waals surface area contributed by atoms with E-state index in [1.807, 2.05) is 37.3 Å². The van der Waals surface area contributed by atoms with Gasteiger partial charge in [-0.25, -0.2) is 9.67 Å². The van der Waals surface area contributed by atoms with E-state index in [0.717, 1.165) is 5.56 Å². The molecule has 6 nitrogen and oxygen atoms in total. The molecule has 0 spiro atoms. The SMILES string of the molecule is CC1(C(=O)C(Cc2ccccc2)n2cncn2)COCOC1. The van der Waals surface area contributed by atoms with Gasteiger partial charge in [-0.2, -0.15) is 5.10 Å². The highest BCUT2D eigenvalue weighted by Crippen LogP contribution is 2.29. The summed E-state index contributed by atoms with van der Waals surface area (Å²) in [7, 11) is 0. The molecule has 1 aliphatic heterocycles. The van der Waals surface area contributed by atoms with Gasteiger partial charge in [-0.1, -0.05) is 30.3 Å². The van der Waals surface area contributed by atoms with Crippen LogP contribution in [-0.4, -0.2) is 40.6 Å². The Morgan fingerprint density at radius 3 is 2.68 bits per heavy atom. The first-order valence-corrected chi connectivity index (χ1v) is 7.27. The lowest BCUT2D eigenvalue weighted by molar-refractivity contribution is -0.174. The summed E-state index contributed by atoms with van der Waals surface area (Å²) in [4.78, 5) is 17.0. The van der Waals surface area contributed by atoms with E-state index < -0.39 is 11.5 Å². The summed E-state index contributed by atoms with van der Waals surface area (Å²) in [6, 6.07) is 9.49. The number of ether oxygens (including phenoxy) is 2. The van der Waals surface area contributed by atoms with E-state index in [1.165, 1.54) is 6.33 Å². The number of hydrogen-bond donors (Lipinski definition) is 0. The summed E-state index contributed by atoms with van der Waals surface area (Å²) in [5.41, 5.74) is 0.418. The third kappa shape index (κ3) is 3.08. The summed E-state index contributed by atoms with van der Waals surface area (Å²) in [6.07, 6.45) is 3.60. The summed E-state index contributed by atoms with van der Waals surface area (Å²) in [6.45, 7) is 2.86. The molecule has 1 unspecified atom stereocenters. The van der Waals surface area contributed by atoms with Gasteiger partial charge in [-0.3, -0.25) is 4.79 Å². The molecule has 1 aromatic heterocycles. The number of hydrogen-bond acceptors (Lipinski definition) is 5. The Morgan fingerprint density at radius 2 is 2.05 bits per heavy atom. The second-order valence-electron chi connectivity index (χ2n) is 5.82. The van der Waals surface area contributed by atoms with Crippen LogP contribution in [0.1, 0.15) is 18.5 Å². The first-order valence-electron chi connectivity index (χ1n) is 7.27. The Labute approximate surface area is 129 Å². The van der Waals surface area contributed by atoms with Gasteiger partial charge in [-0.05, 0) is 12.5 Å². The van der Waals surface area contributed by atoms with Gasteiger partial charge in [0, 0.05) is 6.42 Å². The second-order valence-corrected chi connectivity index (χ2v) is 5.82. The minimum Gasteiger partial charge on any atom is -0.354 e. The predicted octanol–water partition coefficient (Wildman–Crippen LogP) is 1.64. The van der Waals surface area contributed by atoms with Crippen molar-refractivity contribution in [1.29, 1.82) is 0 Å². The van der Waals surface area contributed by atoms with Crippen molar-refractivity contribution < 1.29 is 14.3 Å². The van der Waals surface area contributed by atoms with Gasteiger partial charge in [0.2, 0.25) is 0 Å². The highest BCUT2D eigenvalue weighted by Gasteiger charge is 2.41. The highest BCUT2D eigenvalue weighted by atomic mass is 16.7. The summed E-state index contributed by atoms with van der Waals surface area (Å²) >= 11 is 0. The highest BCUT2D eigenvalue weighted by molar-refractivity contribution is 5.88. The maximum atomic E-state index is 13.1. The molecule has 2 aromatic rings. The van der Waals surface area contributed by atoms with Crippen molar-refractivity contribution >= 4 is 5.78 Å². The maximum Gasteiger partial charge on any atom is 0.168 e. The molecule has 0 aliphatic carbocycles. The first-order chi connectivity index (χ1) is 10.7. The smallest absolute Gasteiger partial charge is 0.168 e. The number of rotatable bonds is 5. The van der Waals surface area contributed by atoms with Crippen molar-refractivity contribution in [1.82, 2.24) is 14.8 Å². The molecule has 1 fully saturated rings. The van der Waals surface area contributed by atoms with Crippen LogP contribution in [0.3, 0.4) is 0 Å².